The van der Waals surface area contributed by atoms with E-state index in [0.29, 0.717) is 17.9 Å². The molecule has 0 aliphatic rings. The van der Waals surface area contributed by atoms with E-state index in [4.69, 9.17) is 4.74 Å². The molecular weight excluding hydrogens is 586 g/mol. The molecule has 0 heterocycles. The van der Waals surface area contributed by atoms with Crippen LogP contribution in [0.3, 0.4) is 0 Å². The highest BCUT2D eigenvalue weighted by atomic mass is 32.2. The average Bonchev–Trinajstić information content (AvgIpc) is 3.05. The fraction of sp³-hybridized carbons (Fsp3) is 0.278. The minimum atomic E-state index is -4.16. The van der Waals surface area contributed by atoms with Crippen LogP contribution >= 0.6 is 0 Å². The summed E-state index contributed by atoms with van der Waals surface area (Å²) in [6.45, 7) is 5.23. The van der Waals surface area contributed by atoms with E-state index >= 15 is 0 Å². The number of amides is 2. The smallest absolute Gasteiger partial charge is 0.264 e. The second kappa shape index (κ2) is 15.4. The normalized spacial score (nSPS) is 11.9. The van der Waals surface area contributed by atoms with Gasteiger partial charge in [0.15, 0.2) is 0 Å². The van der Waals surface area contributed by atoms with Crippen LogP contribution in [0.25, 0.3) is 0 Å². The van der Waals surface area contributed by atoms with Crippen LogP contribution in [0.2, 0.25) is 0 Å². The van der Waals surface area contributed by atoms with E-state index in [2.05, 4.69) is 5.32 Å². The van der Waals surface area contributed by atoms with Gasteiger partial charge in [0.05, 0.1) is 17.7 Å². The highest BCUT2D eigenvalue weighted by Gasteiger charge is 2.35. The third-order valence-corrected chi connectivity index (χ3v) is 9.21. The molecule has 8 nitrogen and oxygen atoms in total. The minimum Gasteiger partial charge on any atom is -0.497 e. The summed E-state index contributed by atoms with van der Waals surface area (Å²) in [4.78, 5) is 30.0. The van der Waals surface area contributed by atoms with Crippen molar-refractivity contribution in [3.05, 3.63) is 126 Å². The summed E-state index contributed by atoms with van der Waals surface area (Å²) in [7, 11) is -2.59. The first-order valence-corrected chi connectivity index (χ1v) is 16.5. The van der Waals surface area contributed by atoms with Crippen LogP contribution in [-0.2, 0) is 39.0 Å². The van der Waals surface area contributed by atoms with Crippen molar-refractivity contribution in [2.75, 3.05) is 18.0 Å². The van der Waals surface area contributed by atoms with Gasteiger partial charge < -0.3 is 15.0 Å². The van der Waals surface area contributed by atoms with Crippen LogP contribution in [-0.4, -0.2) is 50.9 Å². The van der Waals surface area contributed by atoms with Gasteiger partial charge in [0.2, 0.25) is 11.8 Å². The van der Waals surface area contributed by atoms with Gasteiger partial charge in [0.1, 0.15) is 18.3 Å². The molecule has 0 spiro atoms. The molecule has 0 aliphatic carbocycles. The van der Waals surface area contributed by atoms with Gasteiger partial charge in [0, 0.05) is 19.0 Å². The van der Waals surface area contributed by atoms with E-state index in [1.54, 1.807) is 43.5 Å². The standard InChI is InChI=1S/C36H41N3O5S/c1-5-30-18-12-13-22-33(30)39(45(42,43)32-20-10-7-11-21-32)26-35(40)38(25-29-17-14-19-31(23-29)44-4)34(36(41)37-27(2)3)24-28-15-8-6-9-16-28/h6-23,27,34H,5,24-26H2,1-4H3,(H,37,41)/t34-/m0/s1. The number of sulfonamides is 1. The molecule has 4 aromatic rings. The van der Waals surface area contributed by atoms with E-state index in [-0.39, 0.29) is 29.8 Å². The Bertz CT molecular complexity index is 1680. The highest BCUT2D eigenvalue weighted by Crippen LogP contribution is 2.28. The van der Waals surface area contributed by atoms with Crippen LogP contribution in [0.1, 0.15) is 37.5 Å². The molecule has 236 valence electrons. The molecule has 1 atom stereocenters. The van der Waals surface area contributed by atoms with Gasteiger partial charge in [-0.25, -0.2) is 8.42 Å². The molecule has 0 saturated heterocycles. The largest absolute Gasteiger partial charge is 0.497 e. The lowest BCUT2D eigenvalue weighted by Gasteiger charge is -2.34. The Hall–Kier alpha value is -4.63. The van der Waals surface area contributed by atoms with E-state index in [0.717, 1.165) is 16.7 Å². The number of rotatable bonds is 14. The predicted octanol–water partition coefficient (Wildman–Crippen LogP) is 5.62. The third-order valence-electron chi connectivity index (χ3n) is 7.44. The van der Waals surface area contributed by atoms with Crippen molar-refractivity contribution in [1.29, 1.82) is 0 Å². The molecule has 0 aromatic heterocycles. The van der Waals surface area contributed by atoms with Gasteiger partial charge in [-0.3, -0.25) is 13.9 Å². The number of anilines is 1. The van der Waals surface area contributed by atoms with Crippen molar-refractivity contribution in [3.8, 4) is 5.75 Å². The molecule has 1 N–H and O–H groups in total. The molecule has 0 bridgehead atoms. The van der Waals surface area contributed by atoms with Crippen molar-refractivity contribution >= 4 is 27.5 Å². The maximum atomic E-state index is 14.6. The fourth-order valence-corrected chi connectivity index (χ4v) is 6.66. The number of nitrogens with zero attached hydrogens (tertiary/aromatic N) is 2. The zero-order chi connectivity index (χ0) is 32.4. The number of hydrogen-bond acceptors (Lipinski definition) is 5. The summed E-state index contributed by atoms with van der Waals surface area (Å²) in [5.41, 5.74) is 2.81. The molecular formula is C36H41N3O5S. The maximum absolute atomic E-state index is 14.6. The number of nitrogens with one attached hydrogen (secondary N) is 1. The molecule has 0 fully saturated rings. The number of methoxy groups -OCH3 is 1. The number of carbonyl (C=O) groups is 2. The lowest BCUT2D eigenvalue weighted by molar-refractivity contribution is -0.140. The topological polar surface area (TPSA) is 96.0 Å². The van der Waals surface area contributed by atoms with Gasteiger partial charge in [-0.1, -0.05) is 85.8 Å². The van der Waals surface area contributed by atoms with Gasteiger partial charge in [0.25, 0.3) is 10.0 Å². The van der Waals surface area contributed by atoms with Crippen molar-refractivity contribution in [1.82, 2.24) is 10.2 Å². The number of aryl methyl sites for hydroxylation is 1. The van der Waals surface area contributed by atoms with Crippen LogP contribution in [0, 0.1) is 0 Å². The Labute approximate surface area is 266 Å². The monoisotopic (exact) mass is 627 g/mol. The first-order valence-electron chi connectivity index (χ1n) is 15.1. The lowest BCUT2D eigenvalue weighted by atomic mass is 10.0. The Morgan fingerprint density at radius 2 is 1.44 bits per heavy atom. The summed E-state index contributed by atoms with van der Waals surface area (Å²) in [5.74, 6) is -0.226. The molecule has 0 aliphatic heterocycles. The van der Waals surface area contributed by atoms with Gasteiger partial charge in [-0.2, -0.15) is 0 Å². The summed E-state index contributed by atoms with van der Waals surface area (Å²) in [6.07, 6.45) is 0.804. The fourth-order valence-electron chi connectivity index (χ4n) is 5.19. The van der Waals surface area contributed by atoms with Crippen LogP contribution in [0.5, 0.6) is 5.75 Å². The lowest BCUT2D eigenvalue weighted by Crippen LogP contribution is -2.54. The zero-order valence-corrected chi connectivity index (χ0v) is 27.0. The zero-order valence-electron chi connectivity index (χ0n) is 26.2. The number of benzene rings is 4. The van der Waals surface area contributed by atoms with E-state index < -0.39 is 28.5 Å². The van der Waals surface area contributed by atoms with Crippen LogP contribution in [0.15, 0.2) is 114 Å². The molecule has 0 saturated carbocycles. The molecule has 9 heteroatoms. The van der Waals surface area contributed by atoms with Gasteiger partial charge in [-0.05, 0) is 67.3 Å². The second-order valence-electron chi connectivity index (χ2n) is 11.0. The average molecular weight is 628 g/mol. The summed E-state index contributed by atoms with van der Waals surface area (Å²) < 4.78 is 35.0. The van der Waals surface area contributed by atoms with E-state index in [1.165, 1.54) is 21.3 Å². The van der Waals surface area contributed by atoms with Crippen LogP contribution < -0.4 is 14.4 Å². The van der Waals surface area contributed by atoms with Crippen molar-refractivity contribution in [3.63, 3.8) is 0 Å². The Kier molecular flexibility index (Phi) is 11.4. The van der Waals surface area contributed by atoms with Crippen LogP contribution in [0.4, 0.5) is 5.69 Å². The molecule has 45 heavy (non-hydrogen) atoms. The summed E-state index contributed by atoms with van der Waals surface area (Å²) in [5, 5.41) is 2.98. The number of ether oxygens (including phenoxy) is 1. The number of para-hydroxylation sites is 1. The van der Waals surface area contributed by atoms with Crippen molar-refractivity contribution < 1.29 is 22.7 Å². The Balaban J connectivity index is 1.83. The summed E-state index contributed by atoms with van der Waals surface area (Å²) in [6, 6.07) is 30.9. The van der Waals surface area contributed by atoms with Crippen molar-refractivity contribution in [2.45, 2.75) is 57.1 Å². The second-order valence-corrected chi connectivity index (χ2v) is 12.9. The molecule has 0 unspecified atom stereocenters. The quantitative estimate of drug-likeness (QED) is 0.196. The predicted molar refractivity (Wildman–Crippen MR) is 178 cm³/mol. The minimum absolute atomic E-state index is 0.0632. The highest BCUT2D eigenvalue weighted by molar-refractivity contribution is 7.92. The number of hydrogen-bond donors (Lipinski definition) is 1. The molecule has 4 aromatic carbocycles. The first-order chi connectivity index (χ1) is 21.6. The summed E-state index contributed by atoms with van der Waals surface area (Å²) >= 11 is 0. The Morgan fingerprint density at radius 1 is 0.822 bits per heavy atom. The van der Waals surface area contributed by atoms with E-state index in [1.807, 2.05) is 81.4 Å². The molecule has 0 radical (unpaired) electrons. The van der Waals surface area contributed by atoms with Gasteiger partial charge in [-0.15, -0.1) is 0 Å². The maximum Gasteiger partial charge on any atom is 0.264 e. The molecule has 4 rings (SSSR count). The van der Waals surface area contributed by atoms with E-state index in [9.17, 15) is 18.0 Å². The SMILES string of the molecule is CCc1ccccc1N(CC(=O)N(Cc1cccc(OC)c1)[C@@H](Cc1ccccc1)C(=O)NC(C)C)S(=O)(=O)c1ccccc1. The molecule has 2 amide bonds. The Morgan fingerprint density at radius 3 is 2.09 bits per heavy atom. The van der Waals surface area contributed by atoms with Gasteiger partial charge >= 0.3 is 0 Å². The first kappa shape index (κ1) is 33.3. The third kappa shape index (κ3) is 8.51. The number of carbonyl (C=O) groups excluding carboxylic acids is 2. The van der Waals surface area contributed by atoms with Crippen molar-refractivity contribution in [2.24, 2.45) is 0 Å².